The highest BCUT2D eigenvalue weighted by Crippen LogP contribution is 2.62. The molecule has 0 saturated heterocycles. The molecular weight excluding hydrogens is 1900 g/mol. The molecule has 2 N–H and O–H groups in total. The predicted octanol–water partition coefficient (Wildman–Crippen LogP) is 20.6. The van der Waals surface area contributed by atoms with Crippen LogP contribution in [0, 0.1) is 93.1 Å². The second-order valence-corrected chi connectivity index (χ2v) is 50.4. The van der Waals surface area contributed by atoms with Crippen molar-refractivity contribution < 1.29 is 175 Å². The van der Waals surface area contributed by atoms with Gasteiger partial charge in [-0.3, -0.25) is 0 Å². The summed E-state index contributed by atoms with van der Waals surface area (Å²) in [6, 6.07) is 3.89. The number of hydrogen-bond acceptors (Lipinski definition) is 14. The Hall–Kier alpha value is -7.12. The quantitative estimate of drug-likeness (QED) is 0.0236. The highest BCUT2D eigenvalue weighted by atomic mass is 32.2. The third kappa shape index (κ3) is 20.6. The molecule has 690 valence electrons. The molecule has 2 aliphatic heterocycles. The van der Waals surface area contributed by atoms with Crippen molar-refractivity contribution in [2.24, 2.45) is 0 Å². The SMILES string of the molecule is CC[P+](CC)(CC)c1c(F)c(F)c(-c2c3nc(c(-c4c(F)c(F)c([P+](CC)(CC)CC)c(F)c4F)c4ccc([nH]4)c(-c4c(F)c(F)c([P+](CC)(CC)CC)c(F)c4F)c4nc(c(-c5c(F)c(F)c([P+](CC)(CC)CC)c(F)c5F)c5ccc2[nH]5)C=C4)C=C3)c(F)c1F.O=S(=O)([O-])C(F)(F)F.O=S(=O)([O-])C(F)(F)F.O=S(=O)([O-])C(F)(F)F.O=S(=O)([O-])C(F)(F)F. The maximum atomic E-state index is 17.6. The second kappa shape index (κ2) is 39.5. The Morgan fingerprint density at radius 1 is 0.242 bits per heavy atom. The van der Waals surface area contributed by atoms with Crippen LogP contribution >= 0.6 is 29.0 Å². The molecule has 2 aliphatic rings. The second-order valence-electron chi connectivity index (χ2n) is 26.4. The molecule has 8 bridgehead atoms. The molecular formula is C72H70F28N4O12P4S4. The van der Waals surface area contributed by atoms with E-state index in [1.807, 2.05) is 0 Å². The number of rotatable bonds is 20. The molecule has 4 aromatic carbocycles. The zero-order valence-corrected chi connectivity index (χ0v) is 72.7. The average Bonchev–Trinajstić information content (AvgIpc) is 1.46. The van der Waals surface area contributed by atoms with Gasteiger partial charge < -0.3 is 28.2 Å². The van der Waals surface area contributed by atoms with Gasteiger partial charge in [0.1, 0.15) is 0 Å². The van der Waals surface area contributed by atoms with E-state index in [0.717, 1.165) is 48.6 Å². The molecule has 0 atom stereocenters. The first-order chi connectivity index (χ1) is 56.7. The van der Waals surface area contributed by atoms with Gasteiger partial charge in [-0.1, -0.05) is 0 Å². The number of benzene rings is 4. The van der Waals surface area contributed by atoms with Crippen LogP contribution in [0.15, 0.2) is 24.3 Å². The lowest BCUT2D eigenvalue weighted by atomic mass is 10.0. The summed E-state index contributed by atoms with van der Waals surface area (Å²) in [5.41, 5.74) is -37.3. The fourth-order valence-corrected chi connectivity index (χ4v) is 27.1. The van der Waals surface area contributed by atoms with Gasteiger partial charge in [-0.15, -0.1) is 0 Å². The maximum Gasteiger partial charge on any atom is 0.485 e. The minimum atomic E-state index is -6.09. The third-order valence-corrected chi connectivity index (χ3v) is 43.2. The normalized spacial score (nSPS) is 13.3. The van der Waals surface area contributed by atoms with Gasteiger partial charge >= 0.3 is 22.0 Å². The number of nitrogens with one attached hydrogen (secondary N) is 2. The number of fused-ring (bicyclic) bond motifs is 8. The molecule has 0 unspecified atom stereocenters. The summed E-state index contributed by atoms with van der Waals surface area (Å²) in [5.74, 6) is -30.1. The Labute approximate surface area is 692 Å². The summed E-state index contributed by atoms with van der Waals surface area (Å²) in [4.78, 5) is 14.4. The summed E-state index contributed by atoms with van der Waals surface area (Å²) < 4.78 is 513. The molecule has 0 fully saturated rings. The number of nitrogens with zero attached hydrogens (tertiary/aromatic N) is 2. The highest BCUT2D eigenvalue weighted by molar-refractivity contribution is 7.87. The topological polar surface area (TPSA) is 286 Å². The van der Waals surface area contributed by atoms with Crippen molar-refractivity contribution in [3.05, 3.63) is 140 Å². The Morgan fingerprint density at radius 2 is 0.355 bits per heavy atom. The lowest BCUT2D eigenvalue weighted by Gasteiger charge is -2.25. The number of H-pyrrole nitrogens is 2. The zero-order chi connectivity index (χ0) is 95.8. The monoisotopic (exact) mass is 1970 g/mol. The largest absolute Gasteiger partial charge is 0.741 e. The Morgan fingerprint density at radius 3 is 0.452 bits per heavy atom. The van der Waals surface area contributed by atoms with Crippen molar-refractivity contribution in [3.8, 4) is 44.5 Å². The predicted molar refractivity (Wildman–Crippen MR) is 416 cm³/mol. The van der Waals surface area contributed by atoms with Crippen molar-refractivity contribution in [2.45, 2.75) is 105 Å². The van der Waals surface area contributed by atoms with Gasteiger partial charge in [0.15, 0.2) is 108 Å². The first-order valence-corrected chi connectivity index (χ1v) is 50.8. The van der Waals surface area contributed by atoms with E-state index in [9.17, 15) is 52.7 Å². The Kier molecular flexibility index (Phi) is 34.2. The van der Waals surface area contributed by atoms with Gasteiger partial charge in [0.05, 0.1) is 148 Å². The molecule has 7 aromatic rings. The minimum Gasteiger partial charge on any atom is -0.741 e. The molecule has 9 rings (SSSR count). The smallest absolute Gasteiger partial charge is 0.485 e. The van der Waals surface area contributed by atoms with Gasteiger partial charge in [-0.25, -0.2) is 78.8 Å². The fourth-order valence-electron chi connectivity index (χ4n) is 13.9. The molecule has 3 aromatic heterocycles. The fraction of sp³-hybridized carbons (Fsp3) is 0.389. The van der Waals surface area contributed by atoms with E-state index >= 15 is 70.2 Å². The first kappa shape index (κ1) is 107. The summed E-state index contributed by atoms with van der Waals surface area (Å²) in [7, 11) is -36.4. The molecule has 124 heavy (non-hydrogen) atoms. The molecule has 0 saturated carbocycles. The highest BCUT2D eigenvalue weighted by Gasteiger charge is 2.51. The van der Waals surface area contributed by atoms with Crippen LogP contribution in [-0.4, -0.2) is 168 Å². The average molecular weight is 1970 g/mol. The molecule has 0 radical (unpaired) electrons. The first-order valence-electron chi connectivity index (χ1n) is 35.8. The number of alkyl halides is 12. The van der Waals surface area contributed by atoms with E-state index in [1.165, 1.54) is 0 Å². The van der Waals surface area contributed by atoms with E-state index in [2.05, 4.69) is 19.9 Å². The van der Waals surface area contributed by atoms with Gasteiger partial charge in [-0.05, 0) is 132 Å². The van der Waals surface area contributed by atoms with Crippen LogP contribution in [0.4, 0.5) is 123 Å². The summed E-state index contributed by atoms with van der Waals surface area (Å²) >= 11 is 0. The van der Waals surface area contributed by atoms with E-state index in [1.54, 1.807) is 83.1 Å². The summed E-state index contributed by atoms with van der Waals surface area (Å²) in [5, 5.41) is -3.33. The van der Waals surface area contributed by atoms with E-state index in [4.69, 9.17) is 51.9 Å². The lowest BCUT2D eigenvalue weighted by Crippen LogP contribution is -2.27. The van der Waals surface area contributed by atoms with Crippen molar-refractivity contribution in [3.63, 3.8) is 0 Å². The van der Waals surface area contributed by atoms with Gasteiger partial charge in [0.25, 0.3) is 0 Å². The van der Waals surface area contributed by atoms with Crippen LogP contribution < -0.4 is 21.2 Å². The molecule has 0 spiro atoms. The number of halogens is 28. The summed E-state index contributed by atoms with van der Waals surface area (Å²) in [6.45, 7) is 19.3. The number of hydrogen-bond donors (Lipinski definition) is 2. The van der Waals surface area contributed by atoms with Crippen molar-refractivity contribution >= 4 is 137 Å². The van der Waals surface area contributed by atoms with Crippen LogP contribution in [-0.2, 0) is 40.5 Å². The number of aromatic nitrogens is 4. The van der Waals surface area contributed by atoms with Gasteiger partial charge in [0, 0.05) is 44.3 Å². The lowest BCUT2D eigenvalue weighted by molar-refractivity contribution is -0.0522. The maximum absolute atomic E-state index is 17.6. The van der Waals surface area contributed by atoms with E-state index in [-0.39, 0.29) is 73.9 Å². The minimum absolute atomic E-state index is 0.105. The van der Waals surface area contributed by atoms with Crippen molar-refractivity contribution in [2.75, 3.05) is 73.9 Å². The van der Waals surface area contributed by atoms with Crippen LogP contribution in [0.2, 0.25) is 0 Å². The van der Waals surface area contributed by atoms with E-state index in [0.29, 0.717) is 0 Å². The van der Waals surface area contributed by atoms with Crippen molar-refractivity contribution in [1.29, 1.82) is 0 Å². The van der Waals surface area contributed by atoms with Crippen LogP contribution in [0.5, 0.6) is 0 Å². The van der Waals surface area contributed by atoms with Gasteiger partial charge in [-0.2, -0.15) is 87.8 Å². The van der Waals surface area contributed by atoms with Gasteiger partial charge in [0.2, 0.25) is 46.5 Å². The standard InChI is InChI=1S/C68H70F16N4P4.4CHF3O3S/c1-13-89(14-2,15-3)65-57(77)49(69)45(50(70)58(65)78)41-33-25-27-35(85-33)42(46-51(71)59(79)66(60(80)52(46)72)90(16-4,17-5)18-6)37-29-31-39(87-37)44(48-55(75)63(83)68(64(84)56(48)76)92(22-10,23-11)24-12)40-32-30-38(88-40)43(36-28-26-34(41)86-36)47-53(73)61(81)67(62(82)54(47)74)91(19-7,20-8)21-9;4*2-1(3,4)8(5,6)7/h25-32,85,88H,13-24H2,1-12H3;4*(H,5,6,7)/q+4;;;;/p-4. The molecule has 0 aliphatic carbocycles. The van der Waals surface area contributed by atoms with Crippen LogP contribution in [0.25, 0.3) is 90.9 Å². The Balaban J connectivity index is 0.000000718. The van der Waals surface area contributed by atoms with Crippen LogP contribution in [0.3, 0.4) is 0 Å². The van der Waals surface area contributed by atoms with E-state index < -0.39 is 295 Å². The third-order valence-electron chi connectivity index (χ3n) is 21.0. The van der Waals surface area contributed by atoms with Crippen molar-refractivity contribution in [1.82, 2.24) is 19.9 Å². The number of aromatic amines is 2. The summed E-state index contributed by atoms with van der Waals surface area (Å²) in [6.07, 6.45) is 5.04. The zero-order valence-electron chi connectivity index (χ0n) is 65.9. The molecule has 16 nitrogen and oxygen atoms in total. The molecule has 0 amide bonds. The van der Waals surface area contributed by atoms with Crippen LogP contribution in [0.1, 0.15) is 106 Å². The molecule has 52 heteroatoms. The Bertz CT molecular complexity index is 5130. The molecule has 5 heterocycles.